The van der Waals surface area contributed by atoms with E-state index >= 15 is 0 Å². The van der Waals surface area contributed by atoms with Crippen LogP contribution in [0, 0.1) is 5.92 Å². The van der Waals surface area contributed by atoms with Crippen LogP contribution < -0.4 is 10.6 Å². The Labute approximate surface area is 165 Å². The predicted molar refractivity (Wildman–Crippen MR) is 110 cm³/mol. The molecule has 28 heavy (non-hydrogen) atoms. The van der Waals surface area contributed by atoms with Crippen LogP contribution in [0.2, 0.25) is 0 Å². The number of nitrogens with zero attached hydrogens (tertiary/aromatic N) is 3. The highest BCUT2D eigenvalue weighted by atomic mass is 16.2. The molecule has 3 aromatic rings. The number of hydrogen-bond donors (Lipinski definition) is 2. The fourth-order valence-corrected chi connectivity index (χ4v) is 3.20. The number of nitrogens with one attached hydrogen (secondary N) is 2. The molecule has 0 radical (unpaired) electrons. The van der Waals surface area contributed by atoms with Crippen molar-refractivity contribution < 1.29 is 4.79 Å². The number of benzene rings is 1. The molecule has 0 spiro atoms. The Hall–Kier alpha value is -2.99. The zero-order valence-corrected chi connectivity index (χ0v) is 16.0. The third-order valence-electron chi connectivity index (χ3n) is 5.06. The monoisotopic (exact) mass is 375 g/mol. The lowest BCUT2D eigenvalue weighted by Crippen LogP contribution is -2.43. The van der Waals surface area contributed by atoms with Gasteiger partial charge in [0, 0.05) is 31.1 Å². The van der Waals surface area contributed by atoms with E-state index in [1.807, 2.05) is 43.4 Å². The topological polar surface area (TPSA) is 71.8 Å². The van der Waals surface area contributed by atoms with Crippen LogP contribution in [0.25, 0.3) is 11.3 Å². The van der Waals surface area contributed by atoms with Gasteiger partial charge in [0.1, 0.15) is 5.82 Å². The van der Waals surface area contributed by atoms with E-state index in [0.717, 1.165) is 23.4 Å². The molecule has 0 unspecified atom stereocenters. The summed E-state index contributed by atoms with van der Waals surface area (Å²) in [6, 6.07) is 15.6. The highest BCUT2D eigenvalue weighted by Crippen LogP contribution is 2.28. The van der Waals surface area contributed by atoms with Crippen molar-refractivity contribution in [1.82, 2.24) is 20.1 Å². The molecule has 0 bridgehead atoms. The fourth-order valence-electron chi connectivity index (χ4n) is 3.20. The Bertz CT molecular complexity index is 919. The van der Waals surface area contributed by atoms with Crippen LogP contribution >= 0.6 is 0 Å². The lowest BCUT2D eigenvalue weighted by molar-refractivity contribution is -0.118. The molecule has 2 N–H and O–H groups in total. The summed E-state index contributed by atoms with van der Waals surface area (Å²) in [4.78, 5) is 17.1. The number of aromatic nitrogens is 3. The Morgan fingerprint density at radius 2 is 1.93 bits per heavy atom. The standard InChI is InChI=1S/C22H25N5O/c1-27-21(14-19(26-27)18-9-11-23-12-10-18)25-22(28)20(24-15-17-7-8-17)13-16-5-3-2-4-6-16/h2-6,9-12,14,17,20,24H,7-8,13,15H2,1H3,(H,25,28)/t20-/m0/s1. The molecule has 1 aromatic carbocycles. The summed E-state index contributed by atoms with van der Waals surface area (Å²) >= 11 is 0. The van der Waals surface area contributed by atoms with Crippen molar-refractivity contribution in [2.75, 3.05) is 11.9 Å². The molecule has 144 valence electrons. The van der Waals surface area contributed by atoms with Gasteiger partial charge in [-0.05, 0) is 49.4 Å². The summed E-state index contributed by atoms with van der Waals surface area (Å²) in [5.41, 5.74) is 2.93. The number of aryl methyl sites for hydroxylation is 1. The van der Waals surface area contributed by atoms with Gasteiger partial charge in [-0.15, -0.1) is 0 Å². The van der Waals surface area contributed by atoms with Crippen molar-refractivity contribution in [3.8, 4) is 11.3 Å². The van der Waals surface area contributed by atoms with Gasteiger partial charge < -0.3 is 10.6 Å². The molecule has 1 aliphatic rings. The molecule has 1 amide bonds. The van der Waals surface area contributed by atoms with Gasteiger partial charge in [0.2, 0.25) is 5.91 Å². The van der Waals surface area contributed by atoms with Gasteiger partial charge in [0.15, 0.2) is 0 Å². The van der Waals surface area contributed by atoms with E-state index < -0.39 is 0 Å². The second-order valence-electron chi connectivity index (χ2n) is 7.36. The van der Waals surface area contributed by atoms with Gasteiger partial charge in [-0.1, -0.05) is 30.3 Å². The normalized spacial score (nSPS) is 14.6. The molecule has 6 heteroatoms. The van der Waals surface area contributed by atoms with Crippen molar-refractivity contribution in [1.29, 1.82) is 0 Å². The van der Waals surface area contributed by atoms with E-state index in [9.17, 15) is 4.79 Å². The third kappa shape index (κ3) is 4.64. The zero-order chi connectivity index (χ0) is 19.3. The summed E-state index contributed by atoms with van der Waals surface area (Å²) < 4.78 is 1.70. The first-order valence-corrected chi connectivity index (χ1v) is 9.71. The summed E-state index contributed by atoms with van der Waals surface area (Å²) in [7, 11) is 1.84. The van der Waals surface area contributed by atoms with Crippen LogP contribution in [0.3, 0.4) is 0 Å². The minimum Gasteiger partial charge on any atom is -0.310 e. The molecule has 2 heterocycles. The van der Waals surface area contributed by atoms with E-state index in [1.165, 1.54) is 12.8 Å². The van der Waals surface area contributed by atoms with Crippen LogP contribution in [0.1, 0.15) is 18.4 Å². The SMILES string of the molecule is Cn1nc(-c2ccncc2)cc1NC(=O)[C@H](Cc1ccccc1)NCC1CC1. The van der Waals surface area contributed by atoms with Crippen molar-refractivity contribution in [3.63, 3.8) is 0 Å². The smallest absolute Gasteiger partial charge is 0.242 e. The van der Waals surface area contributed by atoms with E-state index in [-0.39, 0.29) is 11.9 Å². The Kier molecular flexibility index (Phi) is 5.48. The molecule has 2 aromatic heterocycles. The number of hydrogen-bond acceptors (Lipinski definition) is 4. The van der Waals surface area contributed by atoms with Crippen molar-refractivity contribution in [2.45, 2.75) is 25.3 Å². The van der Waals surface area contributed by atoms with E-state index in [0.29, 0.717) is 18.2 Å². The van der Waals surface area contributed by atoms with Crippen molar-refractivity contribution in [3.05, 3.63) is 66.5 Å². The summed E-state index contributed by atoms with van der Waals surface area (Å²) in [6.07, 6.45) is 6.64. The lowest BCUT2D eigenvalue weighted by Gasteiger charge is -2.18. The molecular formula is C22H25N5O. The third-order valence-corrected chi connectivity index (χ3v) is 5.06. The average molecular weight is 375 g/mol. The second-order valence-corrected chi connectivity index (χ2v) is 7.36. The number of amides is 1. The van der Waals surface area contributed by atoms with Crippen LogP contribution in [0.5, 0.6) is 0 Å². The van der Waals surface area contributed by atoms with Gasteiger partial charge in [0.05, 0.1) is 11.7 Å². The van der Waals surface area contributed by atoms with Gasteiger partial charge in [-0.25, -0.2) is 0 Å². The summed E-state index contributed by atoms with van der Waals surface area (Å²) in [5, 5.41) is 11.0. The van der Waals surface area contributed by atoms with Crippen LogP contribution in [-0.4, -0.2) is 33.3 Å². The maximum Gasteiger partial charge on any atom is 0.242 e. The highest BCUT2D eigenvalue weighted by molar-refractivity contribution is 5.94. The molecule has 1 fully saturated rings. The maximum atomic E-state index is 13.0. The molecule has 0 aliphatic heterocycles. The van der Waals surface area contributed by atoms with Crippen molar-refractivity contribution >= 4 is 11.7 Å². The number of carbonyl (C=O) groups is 1. The van der Waals surface area contributed by atoms with E-state index in [1.54, 1.807) is 17.1 Å². The van der Waals surface area contributed by atoms with Crippen LogP contribution in [-0.2, 0) is 18.3 Å². The predicted octanol–water partition coefficient (Wildman–Crippen LogP) is 3.03. The quantitative estimate of drug-likeness (QED) is 0.635. The summed E-state index contributed by atoms with van der Waals surface area (Å²) in [5.74, 6) is 1.36. The first kappa shape index (κ1) is 18.4. The Balaban J connectivity index is 1.48. The minimum absolute atomic E-state index is 0.0335. The highest BCUT2D eigenvalue weighted by Gasteiger charge is 2.25. The maximum absolute atomic E-state index is 13.0. The molecule has 4 rings (SSSR count). The fraction of sp³-hybridized carbons (Fsp3) is 0.318. The minimum atomic E-state index is -0.276. The van der Waals surface area contributed by atoms with Crippen molar-refractivity contribution in [2.24, 2.45) is 13.0 Å². The lowest BCUT2D eigenvalue weighted by atomic mass is 10.0. The molecule has 1 atom stereocenters. The molecule has 1 aliphatic carbocycles. The second kappa shape index (κ2) is 8.35. The summed E-state index contributed by atoms with van der Waals surface area (Å²) in [6.45, 7) is 0.887. The molecule has 6 nitrogen and oxygen atoms in total. The zero-order valence-electron chi connectivity index (χ0n) is 16.0. The van der Waals surface area contributed by atoms with Gasteiger partial charge in [0.25, 0.3) is 0 Å². The van der Waals surface area contributed by atoms with Crippen LogP contribution in [0.15, 0.2) is 60.9 Å². The number of carbonyl (C=O) groups excluding carboxylic acids is 1. The van der Waals surface area contributed by atoms with Crippen LogP contribution in [0.4, 0.5) is 5.82 Å². The van der Waals surface area contributed by atoms with E-state index in [4.69, 9.17) is 0 Å². The van der Waals surface area contributed by atoms with Gasteiger partial charge in [-0.2, -0.15) is 5.10 Å². The Morgan fingerprint density at radius 3 is 2.64 bits per heavy atom. The molecule has 1 saturated carbocycles. The molecule has 0 saturated heterocycles. The van der Waals surface area contributed by atoms with E-state index in [2.05, 4.69) is 32.8 Å². The molecular weight excluding hydrogens is 350 g/mol. The number of pyridine rings is 1. The Morgan fingerprint density at radius 1 is 1.18 bits per heavy atom. The first-order chi connectivity index (χ1) is 13.7. The average Bonchev–Trinajstić information content (AvgIpc) is 3.49. The van der Waals surface area contributed by atoms with Gasteiger partial charge >= 0.3 is 0 Å². The number of anilines is 1. The number of rotatable bonds is 8. The first-order valence-electron chi connectivity index (χ1n) is 9.71. The largest absolute Gasteiger partial charge is 0.310 e. The van der Waals surface area contributed by atoms with Gasteiger partial charge in [-0.3, -0.25) is 14.5 Å².